The Morgan fingerprint density at radius 1 is 1.18 bits per heavy atom. The van der Waals surface area contributed by atoms with Gasteiger partial charge in [-0.15, -0.1) is 0 Å². The lowest BCUT2D eigenvalue weighted by Gasteiger charge is -2.39. The van der Waals surface area contributed by atoms with E-state index in [0.29, 0.717) is 5.02 Å². The third kappa shape index (κ3) is 2.21. The first-order valence-corrected chi connectivity index (χ1v) is 6.83. The van der Waals surface area contributed by atoms with Gasteiger partial charge >= 0.3 is 0 Å². The van der Waals surface area contributed by atoms with E-state index in [9.17, 15) is 0 Å². The van der Waals surface area contributed by atoms with Crippen molar-refractivity contribution in [3.05, 3.63) is 17.3 Å². The van der Waals surface area contributed by atoms with Crippen molar-refractivity contribution in [2.24, 2.45) is 0 Å². The zero-order chi connectivity index (χ0) is 11.7. The Balaban J connectivity index is 1.85. The van der Waals surface area contributed by atoms with Crippen LogP contribution in [0.5, 0.6) is 0 Å². The average Bonchev–Trinajstić information content (AvgIpc) is 2.56. The van der Waals surface area contributed by atoms with Crippen LogP contribution in [0.2, 0.25) is 5.02 Å². The van der Waals surface area contributed by atoms with Crippen LogP contribution in [0, 0.1) is 0 Å². The van der Waals surface area contributed by atoms with Gasteiger partial charge in [0.05, 0.1) is 16.2 Å². The highest BCUT2D eigenvalue weighted by molar-refractivity contribution is 6.30. The summed E-state index contributed by atoms with van der Waals surface area (Å²) in [6.45, 7) is 0.988. The SMILES string of the molecule is Clc1cnc2c(c1)NCC1(CCCCCC1)N2. The van der Waals surface area contributed by atoms with Crippen LogP contribution in [-0.2, 0) is 0 Å². The first kappa shape index (κ1) is 11.1. The van der Waals surface area contributed by atoms with Crippen molar-refractivity contribution in [2.75, 3.05) is 17.2 Å². The second-order valence-corrected chi connectivity index (χ2v) is 5.66. The lowest BCUT2D eigenvalue weighted by Crippen LogP contribution is -2.47. The normalized spacial score (nSPS) is 22.2. The maximum Gasteiger partial charge on any atom is 0.149 e. The molecule has 1 spiro atoms. The zero-order valence-electron chi connectivity index (χ0n) is 9.93. The fourth-order valence-electron chi connectivity index (χ4n) is 2.94. The molecule has 0 atom stereocenters. The molecule has 4 heteroatoms. The minimum absolute atomic E-state index is 0.213. The van der Waals surface area contributed by atoms with Gasteiger partial charge in [0.25, 0.3) is 0 Å². The summed E-state index contributed by atoms with van der Waals surface area (Å²) >= 11 is 5.95. The molecule has 92 valence electrons. The third-order valence-corrected chi connectivity index (χ3v) is 4.12. The number of hydrogen-bond acceptors (Lipinski definition) is 3. The molecule has 0 unspecified atom stereocenters. The summed E-state index contributed by atoms with van der Waals surface area (Å²) < 4.78 is 0. The van der Waals surface area contributed by atoms with E-state index in [1.807, 2.05) is 6.07 Å². The van der Waals surface area contributed by atoms with E-state index in [2.05, 4.69) is 15.6 Å². The van der Waals surface area contributed by atoms with Crippen LogP contribution in [0.25, 0.3) is 0 Å². The molecular weight excluding hydrogens is 234 g/mol. The molecule has 2 N–H and O–H groups in total. The Morgan fingerprint density at radius 2 is 1.94 bits per heavy atom. The second kappa shape index (κ2) is 4.37. The maximum absolute atomic E-state index is 5.95. The van der Waals surface area contributed by atoms with Crippen LogP contribution >= 0.6 is 11.6 Å². The number of pyridine rings is 1. The molecule has 1 saturated carbocycles. The molecule has 1 fully saturated rings. The van der Waals surface area contributed by atoms with Gasteiger partial charge < -0.3 is 10.6 Å². The number of nitrogens with zero attached hydrogens (tertiary/aromatic N) is 1. The monoisotopic (exact) mass is 251 g/mol. The molecule has 0 saturated heterocycles. The number of anilines is 2. The third-order valence-electron chi connectivity index (χ3n) is 3.92. The Labute approximate surface area is 107 Å². The maximum atomic E-state index is 5.95. The first-order valence-electron chi connectivity index (χ1n) is 6.45. The van der Waals surface area contributed by atoms with E-state index in [4.69, 9.17) is 11.6 Å². The van der Waals surface area contributed by atoms with Gasteiger partial charge in [-0.05, 0) is 18.9 Å². The van der Waals surface area contributed by atoms with Gasteiger partial charge in [-0.25, -0.2) is 4.98 Å². The lowest BCUT2D eigenvalue weighted by atomic mass is 9.88. The molecular formula is C13H18ClN3. The fourth-order valence-corrected chi connectivity index (χ4v) is 3.10. The molecule has 2 aliphatic rings. The van der Waals surface area contributed by atoms with Crippen LogP contribution < -0.4 is 10.6 Å². The van der Waals surface area contributed by atoms with E-state index in [-0.39, 0.29) is 5.54 Å². The van der Waals surface area contributed by atoms with E-state index >= 15 is 0 Å². The Hall–Kier alpha value is -0.960. The molecule has 0 aromatic carbocycles. The van der Waals surface area contributed by atoms with Gasteiger partial charge in [0, 0.05) is 12.7 Å². The number of fused-ring (bicyclic) bond motifs is 1. The van der Waals surface area contributed by atoms with Gasteiger partial charge in [-0.1, -0.05) is 37.3 Å². The molecule has 0 bridgehead atoms. The molecule has 1 aliphatic heterocycles. The zero-order valence-corrected chi connectivity index (χ0v) is 10.7. The minimum Gasteiger partial charge on any atom is -0.380 e. The highest BCUT2D eigenvalue weighted by Gasteiger charge is 2.34. The molecule has 2 heterocycles. The van der Waals surface area contributed by atoms with Crippen molar-refractivity contribution in [1.82, 2.24) is 4.98 Å². The Bertz CT molecular complexity index is 411. The summed E-state index contributed by atoms with van der Waals surface area (Å²) in [5, 5.41) is 7.82. The molecule has 1 aliphatic carbocycles. The topological polar surface area (TPSA) is 37.0 Å². The number of hydrogen-bond donors (Lipinski definition) is 2. The number of halogens is 1. The van der Waals surface area contributed by atoms with E-state index in [1.165, 1.54) is 38.5 Å². The summed E-state index contributed by atoms with van der Waals surface area (Å²) in [5.41, 5.74) is 1.25. The molecule has 17 heavy (non-hydrogen) atoms. The van der Waals surface area contributed by atoms with Crippen LogP contribution in [0.15, 0.2) is 12.3 Å². The second-order valence-electron chi connectivity index (χ2n) is 5.22. The molecule has 1 aromatic rings. The van der Waals surface area contributed by atoms with Crippen molar-refractivity contribution in [1.29, 1.82) is 0 Å². The van der Waals surface area contributed by atoms with Crippen LogP contribution in [0.3, 0.4) is 0 Å². The molecule has 0 amide bonds. The van der Waals surface area contributed by atoms with E-state index < -0.39 is 0 Å². The van der Waals surface area contributed by atoms with Gasteiger partial charge in [0.2, 0.25) is 0 Å². The standard InChI is InChI=1S/C13H18ClN3/c14-10-7-11-12(15-8-10)17-13(9-16-11)5-3-1-2-4-6-13/h7-8,16H,1-6,9H2,(H,15,17). The van der Waals surface area contributed by atoms with E-state index in [1.54, 1.807) is 6.20 Å². The fraction of sp³-hybridized carbons (Fsp3) is 0.615. The van der Waals surface area contributed by atoms with Crippen molar-refractivity contribution in [2.45, 2.75) is 44.1 Å². The number of aromatic nitrogens is 1. The van der Waals surface area contributed by atoms with Gasteiger partial charge in [0.1, 0.15) is 5.82 Å². The molecule has 3 nitrogen and oxygen atoms in total. The molecule has 0 radical (unpaired) electrons. The predicted molar refractivity (Wildman–Crippen MR) is 71.8 cm³/mol. The first-order chi connectivity index (χ1) is 8.27. The molecule has 1 aromatic heterocycles. The minimum atomic E-state index is 0.213. The van der Waals surface area contributed by atoms with Crippen LogP contribution in [0.4, 0.5) is 11.5 Å². The summed E-state index contributed by atoms with van der Waals surface area (Å²) in [6, 6.07) is 1.94. The largest absolute Gasteiger partial charge is 0.380 e. The van der Waals surface area contributed by atoms with Gasteiger partial charge in [0.15, 0.2) is 0 Å². The quantitative estimate of drug-likeness (QED) is 0.739. The summed E-state index contributed by atoms with van der Waals surface area (Å²) in [5.74, 6) is 0.961. The van der Waals surface area contributed by atoms with Crippen LogP contribution in [0.1, 0.15) is 38.5 Å². The van der Waals surface area contributed by atoms with Gasteiger partial charge in [-0.2, -0.15) is 0 Å². The lowest BCUT2D eigenvalue weighted by molar-refractivity contribution is 0.421. The summed E-state index contributed by atoms with van der Waals surface area (Å²) in [7, 11) is 0. The van der Waals surface area contributed by atoms with Crippen molar-refractivity contribution in [3.63, 3.8) is 0 Å². The highest BCUT2D eigenvalue weighted by atomic mass is 35.5. The molecule has 3 rings (SSSR count). The number of nitrogens with one attached hydrogen (secondary N) is 2. The highest BCUT2D eigenvalue weighted by Crippen LogP contribution is 2.37. The number of rotatable bonds is 0. The van der Waals surface area contributed by atoms with Crippen LogP contribution in [-0.4, -0.2) is 17.1 Å². The summed E-state index contributed by atoms with van der Waals surface area (Å²) in [4.78, 5) is 4.39. The average molecular weight is 252 g/mol. The van der Waals surface area contributed by atoms with Crippen molar-refractivity contribution in [3.8, 4) is 0 Å². The van der Waals surface area contributed by atoms with Gasteiger partial charge in [-0.3, -0.25) is 0 Å². The van der Waals surface area contributed by atoms with E-state index in [0.717, 1.165) is 18.1 Å². The predicted octanol–water partition coefficient (Wildman–Crippen LogP) is 3.67. The van der Waals surface area contributed by atoms with Crippen molar-refractivity contribution >= 4 is 23.1 Å². The summed E-state index contributed by atoms with van der Waals surface area (Å²) in [6.07, 6.45) is 9.56. The Kier molecular flexibility index (Phi) is 2.87. The van der Waals surface area contributed by atoms with Crippen molar-refractivity contribution < 1.29 is 0 Å². The smallest absolute Gasteiger partial charge is 0.149 e. The Morgan fingerprint density at radius 3 is 2.71 bits per heavy atom.